The summed E-state index contributed by atoms with van der Waals surface area (Å²) in [6.45, 7) is 2.07. The second-order valence-corrected chi connectivity index (χ2v) is 5.47. The number of hydrogen-bond acceptors (Lipinski definition) is 4. The molecule has 0 unspecified atom stereocenters. The Morgan fingerprint density at radius 1 is 1.50 bits per heavy atom. The summed E-state index contributed by atoms with van der Waals surface area (Å²) in [6, 6.07) is 1.67. The molecule has 0 aromatic carbocycles. The molecule has 0 radical (unpaired) electrons. The normalized spacial score (nSPS) is 10.2. The largest absolute Gasteiger partial charge is 0.466 e. The molecule has 0 saturated heterocycles. The summed E-state index contributed by atoms with van der Waals surface area (Å²) in [6.07, 6.45) is 0.266. The standard InChI is InChI=1S/C10H10BrClO3S/c1-2-15-9(14)4-3-7(13)8-5-6(11)10(12)16-8/h5H,2-4H2,1H3. The Kier molecular flexibility index (Phi) is 5.44. The zero-order valence-electron chi connectivity index (χ0n) is 8.59. The Balaban J connectivity index is 2.50. The lowest BCUT2D eigenvalue weighted by atomic mass is 10.2. The van der Waals surface area contributed by atoms with Crippen LogP contribution in [0.15, 0.2) is 10.5 Å². The van der Waals surface area contributed by atoms with Gasteiger partial charge in [-0.05, 0) is 28.9 Å². The molecule has 3 nitrogen and oxygen atoms in total. The molecule has 0 fully saturated rings. The number of thiophene rings is 1. The second-order valence-electron chi connectivity index (χ2n) is 2.96. The molecule has 1 aromatic rings. The molecule has 88 valence electrons. The Bertz CT molecular complexity index is 383. The first kappa shape index (κ1) is 13.7. The Hall–Kier alpha value is -0.390. The predicted octanol–water partition coefficient (Wildman–Crippen LogP) is 3.69. The zero-order chi connectivity index (χ0) is 12.1. The van der Waals surface area contributed by atoms with E-state index >= 15 is 0 Å². The van der Waals surface area contributed by atoms with Crippen molar-refractivity contribution in [2.45, 2.75) is 19.8 Å². The molecular formula is C10H10BrClO3S. The first-order valence-electron chi connectivity index (χ1n) is 4.68. The smallest absolute Gasteiger partial charge is 0.306 e. The molecule has 0 aliphatic rings. The third-order valence-electron chi connectivity index (χ3n) is 1.78. The van der Waals surface area contributed by atoms with Crippen LogP contribution < -0.4 is 0 Å². The highest BCUT2D eigenvalue weighted by atomic mass is 79.9. The van der Waals surface area contributed by atoms with E-state index in [1.165, 1.54) is 11.3 Å². The van der Waals surface area contributed by atoms with E-state index in [4.69, 9.17) is 16.3 Å². The highest BCUT2D eigenvalue weighted by molar-refractivity contribution is 9.10. The Morgan fingerprint density at radius 2 is 2.19 bits per heavy atom. The second kappa shape index (κ2) is 6.37. The fourth-order valence-electron chi connectivity index (χ4n) is 1.06. The van der Waals surface area contributed by atoms with Crippen LogP contribution in [0.2, 0.25) is 4.34 Å². The molecule has 0 aliphatic carbocycles. The van der Waals surface area contributed by atoms with E-state index in [2.05, 4.69) is 15.9 Å². The minimum absolute atomic E-state index is 0.0920. The minimum atomic E-state index is -0.349. The van der Waals surface area contributed by atoms with Crippen LogP contribution in [-0.4, -0.2) is 18.4 Å². The molecule has 0 spiro atoms. The van der Waals surface area contributed by atoms with E-state index in [-0.39, 0.29) is 24.6 Å². The molecule has 6 heteroatoms. The van der Waals surface area contributed by atoms with Crippen molar-refractivity contribution < 1.29 is 14.3 Å². The number of ether oxygens (including phenoxy) is 1. The maximum absolute atomic E-state index is 11.6. The van der Waals surface area contributed by atoms with E-state index in [1.807, 2.05) is 0 Å². The van der Waals surface area contributed by atoms with Gasteiger partial charge in [0.05, 0.1) is 17.9 Å². The summed E-state index contributed by atoms with van der Waals surface area (Å²) in [5, 5.41) is 0. The van der Waals surface area contributed by atoms with Gasteiger partial charge in [-0.2, -0.15) is 0 Å². The van der Waals surface area contributed by atoms with Crippen LogP contribution in [0.5, 0.6) is 0 Å². The lowest BCUT2D eigenvalue weighted by Gasteiger charge is -1.99. The van der Waals surface area contributed by atoms with Crippen LogP contribution >= 0.6 is 38.9 Å². The number of esters is 1. The highest BCUT2D eigenvalue weighted by Gasteiger charge is 2.14. The maximum Gasteiger partial charge on any atom is 0.306 e. The van der Waals surface area contributed by atoms with Crippen molar-refractivity contribution in [2.24, 2.45) is 0 Å². The van der Waals surface area contributed by atoms with Gasteiger partial charge in [0.25, 0.3) is 0 Å². The molecule has 1 aromatic heterocycles. The van der Waals surface area contributed by atoms with Crippen molar-refractivity contribution >= 4 is 50.6 Å². The van der Waals surface area contributed by atoms with Crippen molar-refractivity contribution in [3.8, 4) is 0 Å². The van der Waals surface area contributed by atoms with Gasteiger partial charge in [-0.1, -0.05) is 11.6 Å². The van der Waals surface area contributed by atoms with Gasteiger partial charge in [0.1, 0.15) is 4.34 Å². The average Bonchev–Trinajstić information content (AvgIpc) is 2.56. The monoisotopic (exact) mass is 324 g/mol. The average molecular weight is 326 g/mol. The van der Waals surface area contributed by atoms with Gasteiger partial charge in [-0.15, -0.1) is 11.3 Å². The number of Topliss-reactive ketones (excluding diaryl/α,β-unsaturated/α-hetero) is 1. The lowest BCUT2D eigenvalue weighted by Crippen LogP contribution is -2.07. The molecule has 1 rings (SSSR count). The number of carbonyl (C=O) groups excluding carboxylic acids is 2. The van der Waals surface area contributed by atoms with Crippen LogP contribution in [0, 0.1) is 0 Å². The van der Waals surface area contributed by atoms with Crippen molar-refractivity contribution in [1.82, 2.24) is 0 Å². The summed E-state index contributed by atoms with van der Waals surface area (Å²) < 4.78 is 5.98. The molecular weight excluding hydrogens is 316 g/mol. The van der Waals surface area contributed by atoms with E-state index in [1.54, 1.807) is 13.0 Å². The van der Waals surface area contributed by atoms with Gasteiger partial charge in [-0.3, -0.25) is 9.59 Å². The van der Waals surface area contributed by atoms with E-state index in [0.29, 0.717) is 20.3 Å². The van der Waals surface area contributed by atoms with Crippen LogP contribution in [0.25, 0.3) is 0 Å². The first-order chi connectivity index (χ1) is 7.54. The van der Waals surface area contributed by atoms with Gasteiger partial charge in [0, 0.05) is 10.9 Å². The van der Waals surface area contributed by atoms with Crippen molar-refractivity contribution in [3.63, 3.8) is 0 Å². The quantitative estimate of drug-likeness (QED) is 0.612. The summed E-state index contributed by atoms with van der Waals surface area (Å²) in [5.41, 5.74) is 0. The Labute approximate surface area is 111 Å². The number of ketones is 1. The molecule has 0 saturated carbocycles. The predicted molar refractivity (Wildman–Crippen MR) is 67.2 cm³/mol. The van der Waals surface area contributed by atoms with E-state index < -0.39 is 0 Å². The van der Waals surface area contributed by atoms with Crippen LogP contribution in [0.1, 0.15) is 29.4 Å². The minimum Gasteiger partial charge on any atom is -0.466 e. The molecule has 0 bridgehead atoms. The molecule has 16 heavy (non-hydrogen) atoms. The molecule has 0 amide bonds. The topological polar surface area (TPSA) is 43.4 Å². The van der Waals surface area contributed by atoms with E-state index in [0.717, 1.165) is 0 Å². The van der Waals surface area contributed by atoms with Crippen molar-refractivity contribution in [1.29, 1.82) is 0 Å². The third kappa shape index (κ3) is 3.88. The third-order valence-corrected chi connectivity index (χ3v) is 4.30. The first-order valence-corrected chi connectivity index (χ1v) is 6.67. The summed E-state index contributed by atoms with van der Waals surface area (Å²) in [7, 11) is 0. The van der Waals surface area contributed by atoms with Crippen molar-refractivity contribution in [2.75, 3.05) is 6.61 Å². The number of carbonyl (C=O) groups is 2. The fourth-order valence-corrected chi connectivity index (χ4v) is 2.73. The van der Waals surface area contributed by atoms with Crippen LogP contribution in [-0.2, 0) is 9.53 Å². The molecule has 0 aliphatic heterocycles. The number of rotatable bonds is 5. The number of halogens is 2. The fraction of sp³-hybridized carbons (Fsp3) is 0.400. The van der Waals surface area contributed by atoms with Crippen LogP contribution in [0.4, 0.5) is 0 Å². The van der Waals surface area contributed by atoms with Gasteiger partial charge in [0.15, 0.2) is 5.78 Å². The summed E-state index contributed by atoms with van der Waals surface area (Å²) in [5.74, 6) is -0.441. The molecule has 0 N–H and O–H groups in total. The maximum atomic E-state index is 11.6. The lowest BCUT2D eigenvalue weighted by molar-refractivity contribution is -0.143. The zero-order valence-corrected chi connectivity index (χ0v) is 11.7. The van der Waals surface area contributed by atoms with Gasteiger partial charge >= 0.3 is 5.97 Å². The van der Waals surface area contributed by atoms with Crippen molar-refractivity contribution in [3.05, 3.63) is 19.8 Å². The van der Waals surface area contributed by atoms with Gasteiger partial charge < -0.3 is 4.74 Å². The molecule has 1 heterocycles. The molecule has 0 atom stereocenters. The van der Waals surface area contributed by atoms with Crippen LogP contribution in [0.3, 0.4) is 0 Å². The summed E-state index contributed by atoms with van der Waals surface area (Å²) >= 11 is 10.2. The summed E-state index contributed by atoms with van der Waals surface area (Å²) in [4.78, 5) is 23.2. The van der Waals surface area contributed by atoms with Gasteiger partial charge in [-0.25, -0.2) is 0 Å². The van der Waals surface area contributed by atoms with E-state index in [9.17, 15) is 9.59 Å². The Morgan fingerprint density at radius 3 is 2.69 bits per heavy atom. The SMILES string of the molecule is CCOC(=O)CCC(=O)c1cc(Br)c(Cl)s1. The van der Waals surface area contributed by atoms with Gasteiger partial charge in [0.2, 0.25) is 0 Å². The highest BCUT2D eigenvalue weighted by Crippen LogP contribution is 2.32. The number of hydrogen-bond donors (Lipinski definition) is 0.